The first-order chi connectivity index (χ1) is 7.07. The highest BCUT2D eigenvalue weighted by Gasteiger charge is 2.09. The molecule has 1 rings (SSSR count). The van der Waals surface area contributed by atoms with Crippen molar-refractivity contribution < 1.29 is 15.0 Å². The van der Waals surface area contributed by atoms with Crippen molar-refractivity contribution in [3.63, 3.8) is 0 Å². The van der Waals surface area contributed by atoms with Crippen LogP contribution in [0.1, 0.15) is 6.92 Å². The zero-order valence-corrected chi connectivity index (χ0v) is 8.75. The van der Waals surface area contributed by atoms with Crippen LogP contribution in [0.2, 0.25) is 0 Å². The molecule has 6 nitrogen and oxygen atoms in total. The van der Waals surface area contributed by atoms with Gasteiger partial charge in [-0.15, -0.1) is 5.92 Å². The van der Waals surface area contributed by atoms with Crippen LogP contribution in [-0.4, -0.2) is 42.0 Å². The maximum atomic E-state index is 9.46. The minimum atomic E-state index is -1.37. The predicted molar refractivity (Wildman–Crippen MR) is 61.7 cm³/mol. The molecule has 0 unspecified atom stereocenters. The standard InChI is InChI=1S/C4H6BNO2.C4H5NO2.B/c7-5(8)4-2-1-3-6-4;1-2-3-4-5(6)7;/h1-3,6-8H;4H2,1H3;. The van der Waals surface area contributed by atoms with E-state index < -0.39 is 12.0 Å². The first kappa shape index (κ1) is 16.7. The Morgan fingerprint density at radius 2 is 2.25 bits per heavy atom. The molecular formula is C8H11B2N2O4. The van der Waals surface area contributed by atoms with E-state index >= 15 is 0 Å². The van der Waals surface area contributed by atoms with Crippen LogP contribution in [0.3, 0.4) is 0 Å². The number of nitrogens with one attached hydrogen (secondary N) is 1. The molecule has 1 heterocycles. The van der Waals surface area contributed by atoms with Gasteiger partial charge in [-0.05, 0) is 25.0 Å². The molecule has 0 saturated carbocycles. The number of rotatable bonds is 2. The number of aromatic nitrogens is 1. The second-order valence-electron chi connectivity index (χ2n) is 2.42. The largest absolute Gasteiger partial charge is 0.505 e. The van der Waals surface area contributed by atoms with Crippen LogP contribution in [0.15, 0.2) is 18.3 Å². The molecule has 3 radical (unpaired) electrons. The van der Waals surface area contributed by atoms with Crippen molar-refractivity contribution in [2.24, 2.45) is 0 Å². The van der Waals surface area contributed by atoms with E-state index in [2.05, 4.69) is 16.8 Å². The van der Waals surface area contributed by atoms with Gasteiger partial charge in [0.1, 0.15) is 0 Å². The molecule has 0 atom stereocenters. The van der Waals surface area contributed by atoms with Gasteiger partial charge in [0, 0.05) is 25.1 Å². The first-order valence-electron chi connectivity index (χ1n) is 4.08. The van der Waals surface area contributed by atoms with Crippen molar-refractivity contribution in [1.82, 2.24) is 4.98 Å². The van der Waals surface area contributed by atoms with E-state index in [0.717, 1.165) is 0 Å². The van der Waals surface area contributed by atoms with Crippen LogP contribution >= 0.6 is 0 Å². The van der Waals surface area contributed by atoms with Crippen LogP contribution in [0.4, 0.5) is 0 Å². The van der Waals surface area contributed by atoms with E-state index in [0.29, 0.717) is 5.59 Å². The van der Waals surface area contributed by atoms with Gasteiger partial charge in [0.15, 0.2) is 0 Å². The number of H-pyrrole nitrogens is 1. The Labute approximate surface area is 95.6 Å². The molecule has 0 amide bonds. The third-order valence-electron chi connectivity index (χ3n) is 1.29. The summed E-state index contributed by atoms with van der Waals surface area (Å²) in [4.78, 5) is 11.6. The summed E-state index contributed by atoms with van der Waals surface area (Å²) in [5.74, 6) is 4.71. The lowest BCUT2D eigenvalue weighted by atomic mass is 9.87. The summed E-state index contributed by atoms with van der Waals surface area (Å²) in [5.41, 5.74) is 0.421. The molecule has 16 heavy (non-hydrogen) atoms. The molecular weight excluding hydrogens is 210 g/mol. The Balaban J connectivity index is 0. The lowest BCUT2D eigenvalue weighted by Crippen LogP contribution is -2.30. The van der Waals surface area contributed by atoms with E-state index in [1.807, 2.05) is 0 Å². The van der Waals surface area contributed by atoms with E-state index in [1.54, 1.807) is 25.3 Å². The maximum absolute atomic E-state index is 9.46. The molecule has 0 spiro atoms. The molecule has 0 aliphatic heterocycles. The molecule has 1 aromatic rings. The Morgan fingerprint density at radius 3 is 2.44 bits per heavy atom. The summed E-state index contributed by atoms with van der Waals surface area (Å²) >= 11 is 0. The minimum Gasteiger partial charge on any atom is -0.422 e. The van der Waals surface area contributed by atoms with Crippen molar-refractivity contribution in [3.8, 4) is 11.8 Å². The van der Waals surface area contributed by atoms with Crippen molar-refractivity contribution in [1.29, 1.82) is 0 Å². The molecule has 0 bridgehead atoms. The highest BCUT2D eigenvalue weighted by molar-refractivity contribution is 6.57. The number of aromatic amines is 1. The molecule has 0 aliphatic carbocycles. The second kappa shape index (κ2) is 9.83. The van der Waals surface area contributed by atoms with E-state index in [1.165, 1.54) is 0 Å². The van der Waals surface area contributed by atoms with Crippen LogP contribution in [0.5, 0.6) is 0 Å². The van der Waals surface area contributed by atoms with Crippen LogP contribution in [0.25, 0.3) is 0 Å². The zero-order valence-electron chi connectivity index (χ0n) is 8.75. The zero-order chi connectivity index (χ0) is 11.7. The monoisotopic (exact) mass is 221 g/mol. The van der Waals surface area contributed by atoms with Crippen molar-refractivity contribution in [3.05, 3.63) is 28.4 Å². The Bertz CT molecular complexity index is 343. The van der Waals surface area contributed by atoms with Crippen molar-refractivity contribution >= 4 is 21.1 Å². The lowest BCUT2D eigenvalue weighted by molar-refractivity contribution is -0.466. The van der Waals surface area contributed by atoms with Gasteiger partial charge in [0.05, 0.1) is 0 Å². The highest BCUT2D eigenvalue weighted by atomic mass is 16.6. The van der Waals surface area contributed by atoms with E-state index in [4.69, 9.17) is 10.0 Å². The lowest BCUT2D eigenvalue weighted by Gasteiger charge is -1.88. The van der Waals surface area contributed by atoms with E-state index in [9.17, 15) is 10.1 Å². The summed E-state index contributed by atoms with van der Waals surface area (Å²) in [6, 6.07) is 3.30. The maximum Gasteiger partial charge on any atom is 0.505 e. The smallest absolute Gasteiger partial charge is 0.422 e. The average Bonchev–Trinajstić information content (AvgIpc) is 2.68. The number of nitrogens with zero attached hydrogens (tertiary/aromatic N) is 1. The fourth-order valence-electron chi connectivity index (χ4n) is 0.648. The van der Waals surface area contributed by atoms with Crippen LogP contribution in [-0.2, 0) is 0 Å². The van der Waals surface area contributed by atoms with Gasteiger partial charge in [-0.3, -0.25) is 10.1 Å². The normalized spacial score (nSPS) is 7.44. The molecule has 0 aromatic carbocycles. The van der Waals surface area contributed by atoms with E-state index in [-0.39, 0.29) is 15.0 Å². The van der Waals surface area contributed by atoms with Crippen molar-refractivity contribution in [2.45, 2.75) is 6.92 Å². The summed E-state index contributed by atoms with van der Waals surface area (Å²) < 4.78 is 0. The van der Waals surface area contributed by atoms with Gasteiger partial charge in [-0.25, -0.2) is 0 Å². The molecule has 0 fully saturated rings. The molecule has 0 aliphatic rings. The molecule has 1 aromatic heterocycles. The Kier molecular flexibility index (Phi) is 10.3. The third kappa shape index (κ3) is 8.87. The summed E-state index contributed by atoms with van der Waals surface area (Å²) in [5, 5.41) is 26.3. The predicted octanol–water partition coefficient (Wildman–Crippen LogP) is -1.40. The van der Waals surface area contributed by atoms with Gasteiger partial charge >= 0.3 is 7.12 Å². The number of hydrogen-bond donors (Lipinski definition) is 3. The minimum absolute atomic E-state index is 0. The molecule has 83 valence electrons. The van der Waals surface area contributed by atoms with Crippen LogP contribution < -0.4 is 5.59 Å². The first-order valence-corrected chi connectivity index (χ1v) is 4.08. The number of hydrogen-bond acceptors (Lipinski definition) is 4. The Morgan fingerprint density at radius 1 is 1.62 bits per heavy atom. The summed E-state index contributed by atoms with van der Waals surface area (Å²) in [6.07, 6.45) is 1.63. The molecule has 3 N–H and O–H groups in total. The topological polar surface area (TPSA) is 99.4 Å². The van der Waals surface area contributed by atoms with Crippen LogP contribution in [0, 0.1) is 22.0 Å². The SMILES string of the molecule is CC#CC[N+](=O)[O-].OB(O)c1ccc[nH]1.[B]. The van der Waals surface area contributed by atoms with Gasteiger partial charge in [0.2, 0.25) is 0 Å². The summed E-state index contributed by atoms with van der Waals surface area (Å²) in [7, 11) is -1.37. The highest BCUT2D eigenvalue weighted by Crippen LogP contribution is 1.75. The second-order valence-corrected chi connectivity index (χ2v) is 2.42. The van der Waals surface area contributed by atoms with Gasteiger partial charge in [-0.2, -0.15) is 0 Å². The average molecular weight is 221 g/mol. The Hall–Kier alpha value is -1.71. The quantitative estimate of drug-likeness (QED) is 0.247. The van der Waals surface area contributed by atoms with Gasteiger partial charge < -0.3 is 15.0 Å². The van der Waals surface area contributed by atoms with Crippen molar-refractivity contribution in [2.75, 3.05) is 6.54 Å². The molecule has 8 heteroatoms. The third-order valence-corrected chi connectivity index (χ3v) is 1.29. The summed E-state index contributed by atoms with van der Waals surface area (Å²) in [6.45, 7) is 1.33. The molecule has 0 saturated heterocycles. The fourth-order valence-corrected chi connectivity index (χ4v) is 0.648. The number of nitro groups is 1. The fraction of sp³-hybridized carbons (Fsp3) is 0.250. The van der Waals surface area contributed by atoms with Gasteiger partial charge in [-0.1, -0.05) is 0 Å². The van der Waals surface area contributed by atoms with Gasteiger partial charge in [0.25, 0.3) is 6.54 Å².